The summed E-state index contributed by atoms with van der Waals surface area (Å²) in [6.45, 7) is 7.78. The Morgan fingerprint density at radius 2 is 1.91 bits per heavy atom. The third-order valence-electron chi connectivity index (χ3n) is 6.00. The van der Waals surface area contributed by atoms with Gasteiger partial charge in [0.05, 0.1) is 39.0 Å². The van der Waals surface area contributed by atoms with E-state index in [9.17, 15) is 9.59 Å². The number of nitrogens with zero attached hydrogens (tertiary/aromatic N) is 1. The Kier molecular flexibility index (Phi) is 6.39. The lowest BCUT2D eigenvalue weighted by Gasteiger charge is -2.34. The van der Waals surface area contributed by atoms with Gasteiger partial charge in [0.2, 0.25) is 0 Å². The highest BCUT2D eigenvalue weighted by atomic mass is 35.5. The number of halogens is 1. The molecule has 0 radical (unpaired) electrons. The van der Waals surface area contributed by atoms with Gasteiger partial charge in [-0.05, 0) is 43.2 Å². The number of hydrogen-bond acceptors (Lipinski definition) is 4. The molecule has 2 aromatic carbocycles. The number of carbonyl (C=O) groups excluding carboxylic acids is 2. The molecule has 1 amide bonds. The lowest BCUT2D eigenvalue weighted by atomic mass is 10.1. The van der Waals surface area contributed by atoms with Crippen LogP contribution in [0.2, 0.25) is 5.02 Å². The van der Waals surface area contributed by atoms with E-state index in [4.69, 9.17) is 16.3 Å². The van der Waals surface area contributed by atoms with Gasteiger partial charge in [0.15, 0.2) is 6.54 Å². The van der Waals surface area contributed by atoms with Crippen molar-refractivity contribution in [3.8, 4) is 0 Å². The van der Waals surface area contributed by atoms with Gasteiger partial charge in [-0.3, -0.25) is 4.79 Å². The molecule has 3 N–H and O–H groups in total. The number of carbonyl (C=O) groups is 2. The van der Waals surface area contributed by atoms with Crippen LogP contribution >= 0.6 is 11.6 Å². The second-order valence-corrected chi connectivity index (χ2v) is 8.74. The number of aryl methyl sites for hydroxylation is 2. The number of quaternary nitrogens is 1. The van der Waals surface area contributed by atoms with Gasteiger partial charge in [-0.1, -0.05) is 29.8 Å². The predicted molar refractivity (Wildman–Crippen MR) is 127 cm³/mol. The lowest BCUT2D eigenvalue weighted by molar-refractivity contribution is -0.892. The van der Waals surface area contributed by atoms with Crippen LogP contribution in [0.15, 0.2) is 36.4 Å². The van der Waals surface area contributed by atoms with E-state index in [2.05, 4.69) is 22.1 Å². The fraction of sp³-hybridized carbons (Fsp3) is 0.333. The minimum absolute atomic E-state index is 0.126. The highest BCUT2D eigenvalue weighted by Gasteiger charge is 2.25. The van der Waals surface area contributed by atoms with Crippen LogP contribution in [-0.4, -0.2) is 56.7 Å². The summed E-state index contributed by atoms with van der Waals surface area (Å²) < 4.78 is 4.90. The van der Waals surface area contributed by atoms with E-state index in [0.717, 1.165) is 53.4 Å². The SMILES string of the molecule is COC(=O)c1[nH]c2cc(C)ccc2c1NC(=O)C[NH+]1CCN(c2cc(Cl)ccc2C)CC1. The number of ether oxygens (including phenoxy) is 1. The van der Waals surface area contributed by atoms with Crippen LogP contribution in [0.1, 0.15) is 21.6 Å². The van der Waals surface area contributed by atoms with Gasteiger partial charge < -0.3 is 24.8 Å². The Labute approximate surface area is 192 Å². The van der Waals surface area contributed by atoms with Gasteiger partial charge in [-0.2, -0.15) is 0 Å². The normalized spacial score (nSPS) is 14.6. The summed E-state index contributed by atoms with van der Waals surface area (Å²) in [7, 11) is 1.33. The van der Waals surface area contributed by atoms with Crippen molar-refractivity contribution < 1.29 is 19.2 Å². The number of nitrogens with one attached hydrogen (secondary N) is 3. The van der Waals surface area contributed by atoms with Crippen molar-refractivity contribution in [3.05, 3.63) is 58.2 Å². The lowest BCUT2D eigenvalue weighted by Crippen LogP contribution is -3.15. The van der Waals surface area contributed by atoms with Gasteiger partial charge in [0.25, 0.3) is 5.91 Å². The number of rotatable bonds is 5. The van der Waals surface area contributed by atoms with Crippen LogP contribution in [0.4, 0.5) is 11.4 Å². The van der Waals surface area contributed by atoms with E-state index in [1.54, 1.807) is 0 Å². The molecule has 0 atom stereocenters. The second kappa shape index (κ2) is 9.22. The van der Waals surface area contributed by atoms with E-state index in [0.29, 0.717) is 12.2 Å². The Morgan fingerprint density at radius 3 is 2.62 bits per heavy atom. The van der Waals surface area contributed by atoms with Crippen molar-refractivity contribution in [2.75, 3.05) is 50.1 Å². The van der Waals surface area contributed by atoms with Crippen molar-refractivity contribution in [2.45, 2.75) is 13.8 Å². The molecular weight excluding hydrogens is 428 g/mol. The number of hydrogen-bond donors (Lipinski definition) is 3. The van der Waals surface area contributed by atoms with Crippen molar-refractivity contribution in [1.29, 1.82) is 0 Å². The topological polar surface area (TPSA) is 78.9 Å². The quantitative estimate of drug-likeness (QED) is 0.517. The highest BCUT2D eigenvalue weighted by Crippen LogP contribution is 2.29. The average molecular weight is 456 g/mol. The number of benzene rings is 2. The molecule has 7 nitrogen and oxygen atoms in total. The van der Waals surface area contributed by atoms with Crippen LogP contribution in [0.5, 0.6) is 0 Å². The fourth-order valence-corrected chi connectivity index (χ4v) is 4.44. The first-order chi connectivity index (χ1) is 15.4. The zero-order valence-corrected chi connectivity index (χ0v) is 19.3. The molecule has 1 fully saturated rings. The number of piperazine rings is 1. The van der Waals surface area contributed by atoms with E-state index >= 15 is 0 Å². The summed E-state index contributed by atoms with van der Waals surface area (Å²) in [6, 6.07) is 11.7. The molecule has 0 unspecified atom stereocenters. The number of fused-ring (bicyclic) bond motifs is 1. The zero-order valence-electron chi connectivity index (χ0n) is 18.5. The van der Waals surface area contributed by atoms with Gasteiger partial charge in [-0.15, -0.1) is 0 Å². The maximum Gasteiger partial charge on any atom is 0.356 e. The van der Waals surface area contributed by atoms with Gasteiger partial charge in [-0.25, -0.2) is 4.79 Å². The minimum atomic E-state index is -0.507. The monoisotopic (exact) mass is 455 g/mol. The molecular formula is C24H28ClN4O3+. The van der Waals surface area contributed by atoms with Crippen LogP contribution in [0.25, 0.3) is 10.9 Å². The van der Waals surface area contributed by atoms with Gasteiger partial charge >= 0.3 is 5.97 Å². The zero-order chi connectivity index (χ0) is 22.8. The number of aromatic amines is 1. The maximum atomic E-state index is 12.9. The van der Waals surface area contributed by atoms with Crippen LogP contribution in [-0.2, 0) is 9.53 Å². The molecule has 0 saturated carbocycles. The highest BCUT2D eigenvalue weighted by molar-refractivity contribution is 6.30. The third kappa shape index (κ3) is 4.59. The Morgan fingerprint density at radius 1 is 1.16 bits per heavy atom. The van der Waals surface area contributed by atoms with Crippen molar-refractivity contribution in [2.24, 2.45) is 0 Å². The number of esters is 1. The van der Waals surface area contributed by atoms with Crippen molar-refractivity contribution in [3.63, 3.8) is 0 Å². The fourth-order valence-electron chi connectivity index (χ4n) is 4.27. The molecule has 2 heterocycles. The molecule has 0 bridgehead atoms. The summed E-state index contributed by atoms with van der Waals surface area (Å²) >= 11 is 6.18. The Bertz CT molecular complexity index is 1170. The van der Waals surface area contributed by atoms with Gasteiger partial charge in [0, 0.05) is 21.6 Å². The van der Waals surface area contributed by atoms with Crippen LogP contribution in [0, 0.1) is 13.8 Å². The first-order valence-corrected chi connectivity index (χ1v) is 11.1. The standard InChI is InChI=1S/C24H27ClN4O3/c1-15-4-7-18-19(12-15)26-23(24(31)32-3)22(18)27-21(30)14-28-8-10-29(11-9-28)20-13-17(25)6-5-16(20)2/h4-7,12-13,26H,8-11,14H2,1-3H3,(H,27,30)/p+1. The molecule has 1 aliphatic rings. The van der Waals surface area contributed by atoms with Crippen LogP contribution in [0.3, 0.4) is 0 Å². The number of methoxy groups -OCH3 is 1. The smallest absolute Gasteiger partial charge is 0.356 e. The van der Waals surface area contributed by atoms with Crippen molar-refractivity contribution in [1.82, 2.24) is 4.98 Å². The molecule has 0 spiro atoms. The number of aromatic nitrogens is 1. The minimum Gasteiger partial charge on any atom is -0.464 e. The van der Waals surface area contributed by atoms with Crippen molar-refractivity contribution >= 4 is 45.8 Å². The summed E-state index contributed by atoms with van der Waals surface area (Å²) in [5, 5.41) is 4.48. The summed E-state index contributed by atoms with van der Waals surface area (Å²) in [6.07, 6.45) is 0. The molecule has 3 aromatic rings. The molecule has 4 rings (SSSR count). The number of amides is 1. The first-order valence-electron chi connectivity index (χ1n) is 10.7. The summed E-state index contributed by atoms with van der Waals surface area (Å²) in [5.74, 6) is -0.633. The number of H-pyrrole nitrogens is 1. The molecule has 8 heteroatoms. The Hall–Kier alpha value is -3.03. The largest absolute Gasteiger partial charge is 0.464 e. The predicted octanol–water partition coefficient (Wildman–Crippen LogP) is 2.57. The molecule has 1 aliphatic heterocycles. The maximum absolute atomic E-state index is 12.9. The van der Waals surface area contributed by atoms with E-state index in [-0.39, 0.29) is 11.6 Å². The van der Waals surface area contributed by atoms with Crippen LogP contribution < -0.4 is 15.1 Å². The average Bonchev–Trinajstić information content (AvgIpc) is 3.12. The Balaban J connectivity index is 1.43. The van der Waals surface area contributed by atoms with E-state index in [1.165, 1.54) is 17.6 Å². The molecule has 0 aliphatic carbocycles. The molecule has 168 valence electrons. The van der Waals surface area contributed by atoms with E-state index < -0.39 is 5.97 Å². The number of anilines is 2. The molecule has 1 aromatic heterocycles. The second-order valence-electron chi connectivity index (χ2n) is 8.31. The van der Waals surface area contributed by atoms with E-state index in [1.807, 2.05) is 43.3 Å². The molecule has 32 heavy (non-hydrogen) atoms. The first kappa shape index (κ1) is 22.2. The summed E-state index contributed by atoms with van der Waals surface area (Å²) in [5.41, 5.74) is 4.93. The van der Waals surface area contributed by atoms with Gasteiger partial charge in [0.1, 0.15) is 5.69 Å². The third-order valence-corrected chi connectivity index (χ3v) is 6.24. The summed E-state index contributed by atoms with van der Waals surface area (Å²) in [4.78, 5) is 31.7. The molecule has 1 saturated heterocycles.